The number of anilines is 1. The highest BCUT2D eigenvalue weighted by Crippen LogP contribution is 2.79. The Morgan fingerprint density at radius 3 is 2.43 bits per heavy atom. The van der Waals surface area contributed by atoms with E-state index in [0.29, 0.717) is 15.7 Å². The van der Waals surface area contributed by atoms with Crippen molar-refractivity contribution in [1.29, 1.82) is 0 Å². The second-order valence-electron chi connectivity index (χ2n) is 6.95. The quantitative estimate of drug-likeness (QED) is 0.661. The van der Waals surface area contributed by atoms with E-state index in [1.54, 1.807) is 18.2 Å². The third-order valence-corrected chi connectivity index (χ3v) is 8.50. The van der Waals surface area contributed by atoms with Crippen LogP contribution in [0.5, 0.6) is 0 Å². The lowest BCUT2D eigenvalue weighted by Gasteiger charge is -2.64. The third-order valence-electron chi connectivity index (χ3n) is 6.16. The van der Waals surface area contributed by atoms with Crippen LogP contribution in [0.1, 0.15) is 33.6 Å². The first-order chi connectivity index (χ1) is 9.67. The van der Waals surface area contributed by atoms with Gasteiger partial charge in [0.2, 0.25) is 5.91 Å². The lowest BCUT2D eigenvalue weighted by atomic mass is 9.43. The summed E-state index contributed by atoms with van der Waals surface area (Å²) < 4.78 is 0. The third kappa shape index (κ3) is 1.74. The average Bonchev–Trinajstić information content (AvgIpc) is 2.81. The van der Waals surface area contributed by atoms with E-state index in [1.165, 1.54) is 0 Å². The number of halogens is 3. The normalized spacial score (nSPS) is 36.2. The highest BCUT2D eigenvalue weighted by molar-refractivity contribution is 9.09. The first kappa shape index (κ1) is 15.6. The van der Waals surface area contributed by atoms with Crippen LogP contribution in [0.2, 0.25) is 10.0 Å². The van der Waals surface area contributed by atoms with Gasteiger partial charge in [-0.05, 0) is 41.9 Å². The minimum absolute atomic E-state index is 0.0306. The monoisotopic (exact) mass is 389 g/mol. The minimum Gasteiger partial charge on any atom is -0.324 e. The van der Waals surface area contributed by atoms with Gasteiger partial charge in [-0.2, -0.15) is 0 Å². The smallest absolute Gasteiger partial charge is 0.232 e. The van der Waals surface area contributed by atoms with E-state index < -0.39 is 0 Å². The molecule has 0 radical (unpaired) electrons. The fraction of sp³-hybridized carbons (Fsp3) is 0.562. The number of rotatable bonds is 2. The van der Waals surface area contributed by atoms with Crippen molar-refractivity contribution < 1.29 is 4.79 Å². The van der Waals surface area contributed by atoms with Gasteiger partial charge in [-0.25, -0.2) is 0 Å². The van der Waals surface area contributed by atoms with Crippen LogP contribution in [0.4, 0.5) is 5.69 Å². The Morgan fingerprint density at radius 1 is 1.29 bits per heavy atom. The summed E-state index contributed by atoms with van der Waals surface area (Å²) in [5.74, 6) is 0.0496. The zero-order valence-corrected chi connectivity index (χ0v) is 15.4. The fourth-order valence-corrected chi connectivity index (χ4v) is 6.55. The van der Waals surface area contributed by atoms with Gasteiger partial charge in [0.25, 0.3) is 0 Å². The molecule has 21 heavy (non-hydrogen) atoms. The van der Waals surface area contributed by atoms with Crippen LogP contribution in [-0.4, -0.2) is 10.7 Å². The van der Waals surface area contributed by atoms with Gasteiger partial charge < -0.3 is 5.32 Å². The van der Waals surface area contributed by atoms with Crippen molar-refractivity contribution in [1.82, 2.24) is 0 Å². The minimum atomic E-state index is -0.370. The molecule has 0 aromatic heterocycles. The van der Waals surface area contributed by atoms with Crippen LogP contribution in [0, 0.1) is 16.2 Å². The topological polar surface area (TPSA) is 29.1 Å². The fourth-order valence-electron chi connectivity index (χ4n) is 4.28. The molecule has 1 aromatic rings. The van der Waals surface area contributed by atoms with Crippen molar-refractivity contribution in [2.45, 2.75) is 38.4 Å². The van der Waals surface area contributed by atoms with Crippen LogP contribution in [0.25, 0.3) is 0 Å². The highest BCUT2D eigenvalue weighted by Gasteiger charge is 2.80. The number of carbonyl (C=O) groups excluding carboxylic acids is 1. The molecule has 3 aliphatic carbocycles. The summed E-state index contributed by atoms with van der Waals surface area (Å²) in [6.45, 7) is 6.65. The van der Waals surface area contributed by atoms with Gasteiger partial charge in [0.1, 0.15) is 0 Å². The van der Waals surface area contributed by atoms with Gasteiger partial charge in [-0.15, -0.1) is 0 Å². The highest BCUT2D eigenvalue weighted by atomic mass is 79.9. The standard InChI is InChI=1S/C16H18BrCl2NO/c1-14(2)15(3)6-7-16(14,12(15)17)13(21)20-11-5-4-9(18)8-10(11)19/h4-5,8,12H,6-7H2,1-3H3,(H,20,21). The number of fused-ring (bicyclic) bond motifs is 1. The molecule has 3 fully saturated rings. The molecule has 2 nitrogen and oxygen atoms in total. The Morgan fingerprint density at radius 2 is 1.95 bits per heavy atom. The Balaban J connectivity index is 1.90. The predicted molar refractivity (Wildman–Crippen MR) is 91.4 cm³/mol. The van der Waals surface area contributed by atoms with Crippen molar-refractivity contribution in [3.8, 4) is 0 Å². The van der Waals surface area contributed by atoms with Gasteiger partial charge in [0.15, 0.2) is 0 Å². The maximum absolute atomic E-state index is 12.9. The molecular weight excluding hydrogens is 373 g/mol. The maximum atomic E-state index is 12.9. The van der Waals surface area contributed by atoms with Crippen LogP contribution in [0.3, 0.4) is 0 Å². The summed E-state index contributed by atoms with van der Waals surface area (Å²) in [4.78, 5) is 13.2. The first-order valence-corrected chi connectivity index (χ1v) is 8.74. The van der Waals surface area contributed by atoms with Crippen molar-refractivity contribution >= 4 is 50.7 Å². The molecule has 3 saturated carbocycles. The second kappa shape index (κ2) is 4.62. The van der Waals surface area contributed by atoms with Gasteiger partial charge in [0, 0.05) is 9.85 Å². The number of hydrogen-bond acceptors (Lipinski definition) is 1. The molecule has 1 aromatic carbocycles. The summed E-state index contributed by atoms with van der Waals surface area (Å²) in [6, 6.07) is 5.13. The van der Waals surface area contributed by atoms with Crippen molar-refractivity contribution in [2.24, 2.45) is 16.2 Å². The molecule has 3 atom stereocenters. The van der Waals surface area contributed by atoms with E-state index in [-0.39, 0.29) is 27.0 Å². The molecule has 1 N–H and O–H groups in total. The Bertz CT molecular complexity index is 633. The average molecular weight is 391 g/mol. The Labute approximate surface area is 143 Å². The van der Waals surface area contributed by atoms with Crippen LogP contribution in [0.15, 0.2) is 18.2 Å². The summed E-state index contributed by atoms with van der Waals surface area (Å²) in [5, 5.41) is 4.03. The molecule has 1 amide bonds. The van der Waals surface area contributed by atoms with E-state index in [9.17, 15) is 4.79 Å². The molecule has 0 aliphatic heterocycles. The maximum Gasteiger partial charge on any atom is 0.232 e. The molecule has 3 aliphatic rings. The van der Waals surface area contributed by atoms with E-state index in [0.717, 1.165) is 12.8 Å². The largest absolute Gasteiger partial charge is 0.324 e. The Kier molecular flexibility index (Phi) is 3.44. The lowest BCUT2D eigenvalue weighted by Crippen LogP contribution is -2.68. The number of benzene rings is 1. The molecule has 2 bridgehead atoms. The number of amides is 1. The van der Waals surface area contributed by atoms with E-state index >= 15 is 0 Å². The van der Waals surface area contributed by atoms with Crippen LogP contribution >= 0.6 is 39.1 Å². The molecule has 0 heterocycles. The lowest BCUT2D eigenvalue weighted by molar-refractivity contribution is -0.155. The molecule has 0 spiro atoms. The van der Waals surface area contributed by atoms with E-state index in [4.69, 9.17) is 23.2 Å². The molecular formula is C16H18BrCl2NO. The summed E-state index contributed by atoms with van der Waals surface area (Å²) in [7, 11) is 0. The van der Waals surface area contributed by atoms with Gasteiger partial charge in [-0.3, -0.25) is 4.79 Å². The number of carbonyl (C=O) groups is 1. The molecule has 4 rings (SSSR count). The van der Waals surface area contributed by atoms with Crippen molar-refractivity contribution in [3.63, 3.8) is 0 Å². The number of alkyl halides is 1. The van der Waals surface area contributed by atoms with Gasteiger partial charge >= 0.3 is 0 Å². The number of hydrogen-bond donors (Lipinski definition) is 1. The summed E-state index contributed by atoms with van der Waals surface area (Å²) >= 11 is 15.8. The van der Waals surface area contributed by atoms with Crippen molar-refractivity contribution in [3.05, 3.63) is 28.2 Å². The summed E-state index contributed by atoms with van der Waals surface area (Å²) in [6.07, 6.45) is 1.97. The van der Waals surface area contributed by atoms with Crippen molar-refractivity contribution in [2.75, 3.05) is 5.32 Å². The molecule has 114 valence electrons. The predicted octanol–water partition coefficient (Wildman–Crippen LogP) is 5.52. The van der Waals surface area contributed by atoms with E-state index in [1.807, 2.05) is 0 Å². The molecule has 5 heteroatoms. The second-order valence-corrected chi connectivity index (χ2v) is 8.71. The van der Waals surface area contributed by atoms with Gasteiger partial charge in [0.05, 0.1) is 16.1 Å². The zero-order valence-electron chi connectivity index (χ0n) is 12.3. The van der Waals surface area contributed by atoms with E-state index in [2.05, 4.69) is 42.0 Å². The summed E-state index contributed by atoms with van der Waals surface area (Å²) in [5.41, 5.74) is 0.396. The van der Waals surface area contributed by atoms with Crippen LogP contribution < -0.4 is 5.32 Å². The van der Waals surface area contributed by atoms with Crippen LogP contribution in [-0.2, 0) is 4.79 Å². The molecule has 3 unspecified atom stereocenters. The Hall–Kier alpha value is -0.250. The number of nitrogens with one attached hydrogen (secondary N) is 1. The SMILES string of the molecule is CC12CCC(C(=O)Nc3ccc(Cl)cc3Cl)(C1Br)C2(C)C. The first-order valence-electron chi connectivity index (χ1n) is 7.07. The van der Waals surface area contributed by atoms with Gasteiger partial charge in [-0.1, -0.05) is 59.9 Å². The molecule has 0 saturated heterocycles. The zero-order chi connectivity index (χ0) is 15.6.